The van der Waals surface area contributed by atoms with Gasteiger partial charge in [0, 0.05) is 27.2 Å². The zero-order valence-electron chi connectivity index (χ0n) is 8.96. The highest BCUT2D eigenvalue weighted by Crippen LogP contribution is 2.13. The van der Waals surface area contributed by atoms with Crippen LogP contribution in [0.1, 0.15) is 20.3 Å². The number of amides is 1. The molecule has 0 fully saturated rings. The van der Waals surface area contributed by atoms with Gasteiger partial charge in [-0.05, 0) is 13.8 Å². The van der Waals surface area contributed by atoms with Crippen LogP contribution in [0.4, 0.5) is 0 Å². The molecule has 0 aliphatic heterocycles. The van der Waals surface area contributed by atoms with E-state index in [4.69, 9.17) is 10.5 Å². The second kappa shape index (κ2) is 5.19. The van der Waals surface area contributed by atoms with Crippen LogP contribution in [-0.2, 0) is 9.53 Å². The van der Waals surface area contributed by atoms with E-state index >= 15 is 0 Å². The summed E-state index contributed by atoms with van der Waals surface area (Å²) in [5, 5.41) is 0. The number of methoxy groups -OCH3 is 1. The first kappa shape index (κ1) is 12.4. The van der Waals surface area contributed by atoms with Crippen LogP contribution in [0.3, 0.4) is 0 Å². The van der Waals surface area contributed by atoms with Gasteiger partial charge in [0.05, 0.1) is 12.0 Å². The van der Waals surface area contributed by atoms with Crippen LogP contribution >= 0.6 is 0 Å². The minimum atomic E-state index is -0.389. The van der Waals surface area contributed by atoms with E-state index in [1.165, 1.54) is 0 Å². The van der Waals surface area contributed by atoms with Crippen LogP contribution in [0.2, 0.25) is 0 Å². The Kier molecular flexibility index (Phi) is 4.95. The summed E-state index contributed by atoms with van der Waals surface area (Å²) in [5.74, 6) is 0.0669. The molecule has 4 nitrogen and oxygen atoms in total. The summed E-state index contributed by atoms with van der Waals surface area (Å²) >= 11 is 0. The Morgan fingerprint density at radius 1 is 1.54 bits per heavy atom. The van der Waals surface area contributed by atoms with Crippen molar-refractivity contribution in [1.29, 1.82) is 0 Å². The first-order chi connectivity index (χ1) is 5.93. The lowest BCUT2D eigenvalue weighted by Gasteiger charge is -2.25. The van der Waals surface area contributed by atoms with E-state index in [2.05, 4.69) is 0 Å². The van der Waals surface area contributed by atoms with Gasteiger partial charge in [-0.3, -0.25) is 4.79 Å². The van der Waals surface area contributed by atoms with Crippen molar-refractivity contribution >= 4 is 5.91 Å². The highest BCUT2D eigenvalue weighted by atomic mass is 16.5. The number of nitrogens with two attached hydrogens (primary N) is 1. The Bertz CT molecular complexity index is 169. The van der Waals surface area contributed by atoms with Gasteiger partial charge in [-0.15, -0.1) is 0 Å². The average molecular weight is 188 g/mol. The van der Waals surface area contributed by atoms with Gasteiger partial charge in [0.1, 0.15) is 0 Å². The van der Waals surface area contributed by atoms with Gasteiger partial charge < -0.3 is 15.4 Å². The predicted octanol–water partition coefficient (Wildman–Crippen LogP) is 0.219. The fourth-order valence-electron chi connectivity index (χ4n) is 0.890. The first-order valence-corrected chi connectivity index (χ1v) is 4.42. The lowest BCUT2D eigenvalue weighted by atomic mass is 10.0. The number of hydrogen-bond acceptors (Lipinski definition) is 3. The van der Waals surface area contributed by atoms with Crippen molar-refractivity contribution in [1.82, 2.24) is 4.90 Å². The number of nitrogens with zero attached hydrogens (tertiary/aromatic N) is 1. The van der Waals surface area contributed by atoms with Crippen LogP contribution in [0, 0.1) is 0 Å². The topological polar surface area (TPSA) is 55.6 Å². The van der Waals surface area contributed by atoms with E-state index in [-0.39, 0.29) is 11.5 Å². The highest BCUT2D eigenvalue weighted by Gasteiger charge is 2.22. The molecule has 78 valence electrons. The molecule has 0 aliphatic carbocycles. The average Bonchev–Trinajstić information content (AvgIpc) is 2.04. The molecule has 0 rings (SSSR count). The fraction of sp³-hybridized carbons (Fsp3) is 0.889. The van der Waals surface area contributed by atoms with E-state index in [0.717, 1.165) is 0 Å². The third-order valence-corrected chi connectivity index (χ3v) is 2.02. The molecule has 0 heterocycles. The van der Waals surface area contributed by atoms with Crippen molar-refractivity contribution in [2.75, 3.05) is 27.2 Å². The quantitative estimate of drug-likeness (QED) is 0.671. The molecule has 0 aromatic rings. The third kappa shape index (κ3) is 4.85. The van der Waals surface area contributed by atoms with Gasteiger partial charge in [0.15, 0.2) is 0 Å². The first-order valence-electron chi connectivity index (χ1n) is 4.42. The molecule has 1 amide bonds. The normalized spacial score (nSPS) is 11.5. The summed E-state index contributed by atoms with van der Waals surface area (Å²) in [6.45, 7) is 4.87. The largest absolute Gasteiger partial charge is 0.378 e. The molecule has 0 aromatic carbocycles. The lowest BCUT2D eigenvalue weighted by Crippen LogP contribution is -2.37. The van der Waals surface area contributed by atoms with Crippen molar-refractivity contribution in [2.24, 2.45) is 5.73 Å². The second-order valence-corrected chi connectivity index (χ2v) is 3.74. The molecule has 0 radical (unpaired) electrons. The lowest BCUT2D eigenvalue weighted by molar-refractivity contribution is -0.135. The zero-order valence-corrected chi connectivity index (χ0v) is 8.96. The Morgan fingerprint density at radius 3 is 2.46 bits per heavy atom. The summed E-state index contributed by atoms with van der Waals surface area (Å²) < 4.78 is 5.16. The van der Waals surface area contributed by atoms with Gasteiger partial charge in [0.2, 0.25) is 5.91 Å². The molecular weight excluding hydrogens is 168 g/mol. The summed E-state index contributed by atoms with van der Waals surface area (Å²) in [6, 6.07) is 0. The molecular formula is C9H20N2O2. The standard InChI is InChI=1S/C9H20N2O2/c1-9(2,13-4)7-8(12)11(3)6-5-10/h5-7,10H2,1-4H3. The fourth-order valence-corrected chi connectivity index (χ4v) is 0.890. The predicted molar refractivity (Wildman–Crippen MR) is 52.4 cm³/mol. The number of carbonyl (C=O) groups excluding carboxylic acids is 1. The van der Waals surface area contributed by atoms with Crippen molar-refractivity contribution in [3.8, 4) is 0 Å². The molecule has 4 heteroatoms. The Morgan fingerprint density at radius 2 is 2.08 bits per heavy atom. The molecule has 0 aromatic heterocycles. The molecule has 0 aliphatic rings. The zero-order chi connectivity index (χ0) is 10.5. The van der Waals surface area contributed by atoms with Crippen LogP contribution in [0.15, 0.2) is 0 Å². The van der Waals surface area contributed by atoms with Crippen LogP contribution < -0.4 is 5.73 Å². The van der Waals surface area contributed by atoms with Crippen molar-refractivity contribution in [2.45, 2.75) is 25.9 Å². The van der Waals surface area contributed by atoms with Gasteiger partial charge in [-0.25, -0.2) is 0 Å². The SMILES string of the molecule is COC(C)(C)CC(=O)N(C)CCN. The number of ether oxygens (including phenoxy) is 1. The maximum atomic E-state index is 11.5. The monoisotopic (exact) mass is 188 g/mol. The number of hydrogen-bond donors (Lipinski definition) is 1. The molecule has 0 unspecified atom stereocenters. The molecule has 0 spiro atoms. The Labute approximate surface area is 80.0 Å². The van der Waals surface area contributed by atoms with Crippen LogP contribution in [0.25, 0.3) is 0 Å². The van der Waals surface area contributed by atoms with Crippen LogP contribution in [0.5, 0.6) is 0 Å². The highest BCUT2D eigenvalue weighted by molar-refractivity contribution is 5.76. The van der Waals surface area contributed by atoms with Gasteiger partial charge in [-0.1, -0.05) is 0 Å². The molecule has 2 N–H and O–H groups in total. The van der Waals surface area contributed by atoms with Crippen molar-refractivity contribution < 1.29 is 9.53 Å². The van der Waals surface area contributed by atoms with E-state index in [1.54, 1.807) is 19.1 Å². The number of likely N-dealkylation sites (N-methyl/N-ethyl adjacent to an activating group) is 1. The minimum Gasteiger partial charge on any atom is -0.378 e. The Balaban J connectivity index is 3.99. The second-order valence-electron chi connectivity index (χ2n) is 3.74. The minimum absolute atomic E-state index is 0.0669. The van der Waals surface area contributed by atoms with Gasteiger partial charge >= 0.3 is 0 Å². The summed E-state index contributed by atoms with van der Waals surface area (Å²) in [7, 11) is 3.36. The number of rotatable bonds is 5. The summed E-state index contributed by atoms with van der Waals surface area (Å²) in [4.78, 5) is 13.1. The van der Waals surface area contributed by atoms with Gasteiger partial charge in [-0.2, -0.15) is 0 Å². The molecule has 0 bridgehead atoms. The van der Waals surface area contributed by atoms with Gasteiger partial charge in [0.25, 0.3) is 0 Å². The van der Waals surface area contributed by atoms with E-state index in [1.807, 2.05) is 13.8 Å². The molecule has 0 saturated heterocycles. The van der Waals surface area contributed by atoms with E-state index < -0.39 is 0 Å². The van der Waals surface area contributed by atoms with E-state index in [0.29, 0.717) is 19.5 Å². The van der Waals surface area contributed by atoms with E-state index in [9.17, 15) is 4.79 Å². The maximum absolute atomic E-state index is 11.5. The van der Waals surface area contributed by atoms with Crippen molar-refractivity contribution in [3.05, 3.63) is 0 Å². The summed E-state index contributed by atoms with van der Waals surface area (Å²) in [6.07, 6.45) is 0.389. The van der Waals surface area contributed by atoms with Crippen LogP contribution in [-0.4, -0.2) is 43.7 Å². The molecule has 0 atom stereocenters. The molecule has 0 saturated carbocycles. The summed E-state index contributed by atoms with van der Waals surface area (Å²) in [5.41, 5.74) is 4.95. The Hall–Kier alpha value is -0.610. The maximum Gasteiger partial charge on any atom is 0.225 e. The molecule has 13 heavy (non-hydrogen) atoms. The third-order valence-electron chi connectivity index (χ3n) is 2.02. The number of carbonyl (C=O) groups is 1. The van der Waals surface area contributed by atoms with Crippen molar-refractivity contribution in [3.63, 3.8) is 0 Å². The smallest absolute Gasteiger partial charge is 0.225 e.